The molecule has 0 saturated carbocycles. The number of carbonyl (C=O) groups is 1. The third kappa shape index (κ3) is 3.24. The van der Waals surface area contributed by atoms with Gasteiger partial charge in [-0.05, 0) is 22.8 Å². The monoisotopic (exact) mass is 275 g/mol. The van der Waals surface area contributed by atoms with Crippen molar-refractivity contribution in [3.8, 4) is 0 Å². The van der Waals surface area contributed by atoms with Crippen LogP contribution >= 0.6 is 21.8 Å². The van der Waals surface area contributed by atoms with E-state index in [1.165, 1.54) is 40.5 Å². The lowest BCUT2D eigenvalue weighted by molar-refractivity contribution is -0.384. The zero-order chi connectivity index (χ0) is 13.0. The van der Waals surface area contributed by atoms with Crippen molar-refractivity contribution in [3.63, 3.8) is 0 Å². The zero-order valence-electron chi connectivity index (χ0n) is 9.16. The van der Waals surface area contributed by atoms with Crippen molar-refractivity contribution < 1.29 is 9.72 Å². The van der Waals surface area contributed by atoms with Gasteiger partial charge < -0.3 is 0 Å². The van der Waals surface area contributed by atoms with Crippen LogP contribution < -0.4 is 4.90 Å². The maximum absolute atomic E-state index is 11.7. The molecule has 0 unspecified atom stereocenters. The van der Waals surface area contributed by atoms with Crippen LogP contribution in [0, 0.1) is 10.1 Å². The Morgan fingerprint density at radius 1 is 1.35 bits per heavy atom. The first-order valence-corrected chi connectivity index (χ1v) is 6.12. The third-order valence-corrected chi connectivity index (χ3v) is 3.09. The summed E-state index contributed by atoms with van der Waals surface area (Å²) in [5.74, 6) is 0. The highest BCUT2D eigenvalue weighted by molar-refractivity contribution is 8.19. The van der Waals surface area contributed by atoms with Crippen molar-refractivity contribution in [2.75, 3.05) is 19.0 Å². The van der Waals surface area contributed by atoms with Gasteiger partial charge in [-0.2, -0.15) is 0 Å². The molecule has 0 spiro atoms. The molecular weight excluding hydrogens is 266 g/mol. The minimum atomic E-state index is -0.494. The fourth-order valence-electron chi connectivity index (χ4n) is 1.15. The Labute approximate surface area is 107 Å². The molecule has 0 saturated heterocycles. The van der Waals surface area contributed by atoms with Gasteiger partial charge >= 0.3 is 6.03 Å². The third-order valence-electron chi connectivity index (χ3n) is 2.11. The number of carbonyl (C=O) groups excluding carboxylic acids is 1. The number of nitro benzene ring substituents is 1. The highest BCUT2D eigenvalue weighted by Crippen LogP contribution is 2.21. The lowest BCUT2D eigenvalue weighted by atomic mass is 10.3. The molecule has 0 radical (unpaired) electrons. The van der Waals surface area contributed by atoms with Crippen LogP contribution in [-0.2, 0) is 0 Å². The fraction of sp³-hybridized carbons (Fsp3) is 0.222. The molecule has 17 heavy (non-hydrogen) atoms. The topological polar surface area (TPSA) is 66.7 Å². The second kappa shape index (κ2) is 5.74. The van der Waals surface area contributed by atoms with Crippen molar-refractivity contribution in [1.82, 2.24) is 4.31 Å². The van der Waals surface area contributed by atoms with Gasteiger partial charge in [0.15, 0.2) is 0 Å². The van der Waals surface area contributed by atoms with Crippen LogP contribution in [0.15, 0.2) is 24.3 Å². The molecule has 2 amide bonds. The molecule has 92 valence electrons. The van der Waals surface area contributed by atoms with Crippen molar-refractivity contribution in [3.05, 3.63) is 34.4 Å². The van der Waals surface area contributed by atoms with Crippen LogP contribution in [0.2, 0.25) is 0 Å². The van der Waals surface area contributed by atoms with Crippen molar-refractivity contribution >= 4 is 39.2 Å². The molecule has 1 rings (SSSR count). The fourth-order valence-corrected chi connectivity index (χ4v) is 1.51. The molecule has 0 fully saturated rings. The highest BCUT2D eigenvalue weighted by Gasteiger charge is 2.16. The number of halogens is 1. The van der Waals surface area contributed by atoms with E-state index in [4.69, 9.17) is 10.7 Å². The number of anilines is 1. The summed E-state index contributed by atoms with van der Waals surface area (Å²) in [5.41, 5.74) is 0.535. The van der Waals surface area contributed by atoms with Crippen molar-refractivity contribution in [1.29, 1.82) is 0 Å². The van der Waals surface area contributed by atoms with E-state index < -0.39 is 4.92 Å². The molecule has 0 atom stereocenters. The summed E-state index contributed by atoms with van der Waals surface area (Å²) in [6, 6.07) is 5.37. The van der Waals surface area contributed by atoms with Crippen molar-refractivity contribution in [2.24, 2.45) is 0 Å². The van der Waals surface area contributed by atoms with E-state index in [2.05, 4.69) is 0 Å². The summed E-state index contributed by atoms with van der Waals surface area (Å²) in [4.78, 5) is 23.0. The van der Waals surface area contributed by atoms with Crippen LogP contribution in [0.25, 0.3) is 0 Å². The average Bonchev–Trinajstić information content (AvgIpc) is 2.36. The number of hydrogen-bond donors (Lipinski definition) is 0. The quantitative estimate of drug-likeness (QED) is 0.483. The molecular formula is C9H10ClN3O3S. The number of hydrogen-bond acceptors (Lipinski definition) is 4. The maximum atomic E-state index is 11.7. The number of urea groups is 1. The Kier molecular flexibility index (Phi) is 4.59. The van der Waals surface area contributed by atoms with E-state index in [0.717, 1.165) is 11.2 Å². The van der Waals surface area contributed by atoms with Gasteiger partial charge in [0.05, 0.1) is 16.1 Å². The van der Waals surface area contributed by atoms with Gasteiger partial charge in [-0.25, -0.2) is 4.79 Å². The molecule has 1 aromatic rings. The first-order valence-electron chi connectivity index (χ1n) is 4.52. The van der Waals surface area contributed by atoms with E-state index in [0.29, 0.717) is 5.69 Å². The van der Waals surface area contributed by atoms with Gasteiger partial charge in [0.25, 0.3) is 5.69 Å². The average molecular weight is 276 g/mol. The Morgan fingerprint density at radius 3 is 2.29 bits per heavy atom. The summed E-state index contributed by atoms with van der Waals surface area (Å²) < 4.78 is 1.24. The second-order valence-corrected chi connectivity index (χ2v) is 4.28. The van der Waals surface area contributed by atoms with E-state index in [1.807, 2.05) is 0 Å². The minimum absolute atomic E-state index is 0.0188. The summed E-state index contributed by atoms with van der Waals surface area (Å²) in [7, 11) is 8.54. The largest absolute Gasteiger partial charge is 0.334 e. The van der Waals surface area contributed by atoms with Gasteiger partial charge in [0.2, 0.25) is 0 Å². The van der Waals surface area contributed by atoms with Gasteiger partial charge in [0, 0.05) is 31.9 Å². The lowest BCUT2D eigenvalue weighted by Crippen LogP contribution is -2.34. The number of non-ortho nitro benzene ring substituents is 1. The molecule has 0 aliphatic heterocycles. The van der Waals surface area contributed by atoms with Gasteiger partial charge in [-0.1, -0.05) is 0 Å². The van der Waals surface area contributed by atoms with E-state index in [1.54, 1.807) is 7.05 Å². The molecule has 0 bridgehead atoms. The first kappa shape index (κ1) is 13.6. The molecule has 0 aliphatic rings. The van der Waals surface area contributed by atoms with E-state index in [9.17, 15) is 14.9 Å². The summed E-state index contributed by atoms with van der Waals surface area (Å²) in [6.45, 7) is 0. The van der Waals surface area contributed by atoms with Gasteiger partial charge in [0.1, 0.15) is 0 Å². The number of nitrogens with zero attached hydrogens (tertiary/aromatic N) is 3. The van der Waals surface area contributed by atoms with Crippen LogP contribution in [-0.4, -0.2) is 29.4 Å². The predicted octanol–water partition coefficient (Wildman–Crippen LogP) is 2.88. The van der Waals surface area contributed by atoms with E-state index in [-0.39, 0.29) is 11.7 Å². The minimum Gasteiger partial charge on any atom is -0.297 e. The summed E-state index contributed by atoms with van der Waals surface area (Å²) in [6.07, 6.45) is 0. The second-order valence-electron chi connectivity index (χ2n) is 3.18. The molecule has 0 aromatic heterocycles. The highest BCUT2D eigenvalue weighted by atomic mass is 35.7. The van der Waals surface area contributed by atoms with Crippen LogP contribution in [0.5, 0.6) is 0 Å². The smallest absolute Gasteiger partial charge is 0.297 e. The molecule has 1 aromatic carbocycles. The summed E-state index contributed by atoms with van der Waals surface area (Å²) >= 11 is 0.770. The van der Waals surface area contributed by atoms with Gasteiger partial charge in [-0.15, -0.1) is 0 Å². The Balaban J connectivity index is 2.86. The van der Waals surface area contributed by atoms with Gasteiger partial charge in [-0.3, -0.25) is 19.3 Å². The van der Waals surface area contributed by atoms with Crippen LogP contribution in [0.1, 0.15) is 0 Å². The number of nitro groups is 1. The normalized spacial score (nSPS) is 9.82. The predicted molar refractivity (Wildman–Crippen MR) is 68.1 cm³/mol. The molecule has 0 aliphatic carbocycles. The first-order chi connectivity index (χ1) is 7.97. The number of rotatable bonds is 3. The Bertz CT molecular complexity index is 426. The molecule has 8 heteroatoms. The molecule has 0 N–H and O–H groups in total. The maximum Gasteiger partial charge on any atom is 0.334 e. The van der Waals surface area contributed by atoms with Crippen LogP contribution in [0.4, 0.5) is 16.2 Å². The number of amides is 2. The Hall–Kier alpha value is -1.47. The zero-order valence-corrected chi connectivity index (χ0v) is 10.7. The molecule has 0 heterocycles. The number of benzene rings is 1. The standard InChI is InChI=1S/C9H10ClN3O3S/c1-11(9(14)12(2)17-10)7-3-5-8(6-4-7)13(15)16/h3-6H,1-2H3. The van der Waals surface area contributed by atoms with E-state index >= 15 is 0 Å². The SMILES string of the molecule is CN(SCl)C(=O)N(C)c1ccc([N+](=O)[O-])cc1. The lowest BCUT2D eigenvalue weighted by Gasteiger charge is -2.21. The Morgan fingerprint density at radius 2 is 1.88 bits per heavy atom. The summed E-state index contributed by atoms with van der Waals surface area (Å²) in [5, 5.41) is 10.5. The van der Waals surface area contributed by atoms with Crippen molar-refractivity contribution in [2.45, 2.75) is 0 Å². The van der Waals surface area contributed by atoms with Crippen LogP contribution in [0.3, 0.4) is 0 Å². The molecule has 6 nitrogen and oxygen atoms in total.